The minimum atomic E-state index is -4.62. The number of rotatable bonds is 5. The molecule has 0 aromatic heterocycles. The molecule has 1 fully saturated rings. The smallest absolute Gasteiger partial charge is 0.328 e. The zero-order chi connectivity index (χ0) is 26.1. The summed E-state index contributed by atoms with van der Waals surface area (Å²) in [6.07, 6.45) is -4.62. The van der Waals surface area contributed by atoms with Gasteiger partial charge in [-0.25, -0.2) is 10.2 Å². The first kappa shape index (κ1) is 27.5. The van der Waals surface area contributed by atoms with Gasteiger partial charge in [0.2, 0.25) is 5.91 Å². The van der Waals surface area contributed by atoms with Gasteiger partial charge in [0.1, 0.15) is 10.9 Å². The Bertz CT molecular complexity index is 1160. The van der Waals surface area contributed by atoms with E-state index in [9.17, 15) is 27.6 Å². The molecule has 0 bridgehead atoms. The van der Waals surface area contributed by atoms with Crippen LogP contribution in [0.1, 0.15) is 21.8 Å². The quantitative estimate of drug-likeness (QED) is 0.266. The highest BCUT2D eigenvalue weighted by Crippen LogP contribution is 2.65. The summed E-state index contributed by atoms with van der Waals surface area (Å²) >= 11 is 30.7. The number of hydrogen-bond acceptors (Lipinski definition) is 3. The molecular weight excluding hydrogens is 579 g/mol. The van der Waals surface area contributed by atoms with Crippen LogP contribution in [0.3, 0.4) is 0 Å². The third kappa shape index (κ3) is 6.98. The number of anilines is 1. The molecule has 2 aromatic carbocycles. The van der Waals surface area contributed by atoms with Crippen LogP contribution in [0.5, 0.6) is 0 Å². The van der Waals surface area contributed by atoms with Gasteiger partial charge in [0.15, 0.2) is 0 Å². The number of hydrogen-bond donors (Lipinski definition) is 4. The van der Waals surface area contributed by atoms with Gasteiger partial charge >= 0.3 is 12.2 Å². The maximum atomic E-state index is 12.8. The average Bonchev–Trinajstić information content (AvgIpc) is 3.32. The molecule has 2 atom stereocenters. The average molecular weight is 593 g/mol. The van der Waals surface area contributed by atoms with E-state index in [1.165, 1.54) is 29.6 Å². The van der Waals surface area contributed by atoms with Crippen LogP contribution in [0.4, 0.5) is 23.7 Å². The van der Waals surface area contributed by atoms with Crippen molar-refractivity contribution in [3.63, 3.8) is 0 Å². The SMILES string of the molecule is O=C(NCC(F)(F)F)NNC(=O)c1cc(NC(=O)[C@H]2[C@H](c3cc(Cl)cc(Cl)c3)C2(Cl)Cl)ccc1Cl. The Labute approximate surface area is 221 Å². The first-order valence-electron chi connectivity index (χ1n) is 9.54. The summed E-state index contributed by atoms with van der Waals surface area (Å²) in [5, 5.41) is 4.72. The molecule has 0 radical (unpaired) electrons. The molecule has 0 spiro atoms. The largest absolute Gasteiger partial charge is 0.405 e. The van der Waals surface area contributed by atoms with E-state index in [0.29, 0.717) is 15.6 Å². The minimum absolute atomic E-state index is 0.0556. The number of alkyl halides is 5. The van der Waals surface area contributed by atoms with E-state index < -0.39 is 46.7 Å². The summed E-state index contributed by atoms with van der Waals surface area (Å²) in [6, 6.07) is 7.30. The lowest BCUT2D eigenvalue weighted by Crippen LogP contribution is -2.49. The Hall–Kier alpha value is -2.11. The van der Waals surface area contributed by atoms with Gasteiger partial charge in [-0.2, -0.15) is 13.2 Å². The van der Waals surface area contributed by atoms with E-state index in [0.717, 1.165) is 0 Å². The highest BCUT2D eigenvalue weighted by molar-refractivity contribution is 6.53. The van der Waals surface area contributed by atoms with E-state index in [4.69, 9.17) is 58.0 Å². The highest BCUT2D eigenvalue weighted by Gasteiger charge is 2.67. The molecule has 188 valence electrons. The third-order valence-corrected chi connectivity index (χ3v) is 6.50. The van der Waals surface area contributed by atoms with Crippen LogP contribution in [-0.2, 0) is 4.79 Å². The van der Waals surface area contributed by atoms with E-state index in [1.54, 1.807) is 17.6 Å². The van der Waals surface area contributed by atoms with Crippen LogP contribution in [0, 0.1) is 5.92 Å². The number of amides is 4. The summed E-state index contributed by atoms with van der Waals surface area (Å²) in [4.78, 5) is 36.5. The standard InChI is InChI=1S/C20H14Cl5F3N4O3/c21-9-3-8(4-10(22)5-9)14-15(20(14,24)25)17(34)30-11-1-2-13(23)12(6-11)16(33)31-32-18(35)29-7-19(26,27)28/h1-6,14-15H,7H2,(H,30,34)(H,31,33)(H2,29,32,35)/t14-,15+/m0/s1. The van der Waals surface area contributed by atoms with Crippen molar-refractivity contribution in [1.29, 1.82) is 0 Å². The number of halogens is 8. The molecule has 7 nitrogen and oxygen atoms in total. The van der Waals surface area contributed by atoms with Crippen molar-refractivity contribution in [2.45, 2.75) is 16.4 Å². The van der Waals surface area contributed by atoms with E-state index >= 15 is 0 Å². The molecule has 0 aliphatic heterocycles. The highest BCUT2D eigenvalue weighted by atomic mass is 35.5. The van der Waals surface area contributed by atoms with Gasteiger partial charge in [0, 0.05) is 21.7 Å². The van der Waals surface area contributed by atoms with E-state index in [1.807, 2.05) is 5.43 Å². The zero-order valence-electron chi connectivity index (χ0n) is 17.1. The fourth-order valence-electron chi connectivity index (χ4n) is 3.23. The monoisotopic (exact) mass is 590 g/mol. The fourth-order valence-corrected chi connectivity index (χ4v) is 4.80. The second-order valence-electron chi connectivity index (χ2n) is 7.39. The molecular formula is C20H14Cl5F3N4O3. The number of hydrazine groups is 1. The van der Waals surface area contributed by atoms with Crippen LogP contribution < -0.4 is 21.5 Å². The summed E-state index contributed by atoms with van der Waals surface area (Å²) in [5.74, 6) is -2.98. The molecule has 3 rings (SSSR count). The lowest BCUT2D eigenvalue weighted by atomic mass is 10.1. The van der Waals surface area contributed by atoms with Crippen LogP contribution >= 0.6 is 58.0 Å². The Morgan fingerprint density at radius 3 is 2.17 bits per heavy atom. The van der Waals surface area contributed by atoms with Crippen LogP contribution in [0.2, 0.25) is 15.1 Å². The third-order valence-electron chi connectivity index (χ3n) is 4.80. The molecule has 2 aromatic rings. The van der Waals surface area contributed by atoms with Gasteiger partial charge in [-0.3, -0.25) is 15.0 Å². The fraction of sp³-hybridized carbons (Fsp3) is 0.250. The molecule has 4 N–H and O–H groups in total. The molecule has 1 saturated carbocycles. The van der Waals surface area contributed by atoms with Crippen LogP contribution in [-0.4, -0.2) is 34.9 Å². The van der Waals surface area contributed by atoms with Crippen molar-refractivity contribution in [3.8, 4) is 0 Å². The van der Waals surface area contributed by atoms with E-state index in [-0.39, 0.29) is 16.3 Å². The molecule has 35 heavy (non-hydrogen) atoms. The number of carbonyl (C=O) groups is 3. The Kier molecular flexibility index (Phi) is 8.23. The van der Waals surface area contributed by atoms with Gasteiger partial charge < -0.3 is 10.6 Å². The molecule has 0 heterocycles. The summed E-state index contributed by atoms with van der Waals surface area (Å²) in [7, 11) is 0. The van der Waals surface area contributed by atoms with Crippen molar-refractivity contribution in [1.82, 2.24) is 16.2 Å². The van der Waals surface area contributed by atoms with Crippen molar-refractivity contribution in [3.05, 3.63) is 62.6 Å². The predicted octanol–water partition coefficient (Wildman–Crippen LogP) is 5.68. The summed E-state index contributed by atoms with van der Waals surface area (Å²) in [6.45, 7) is -1.59. The Morgan fingerprint density at radius 2 is 1.57 bits per heavy atom. The molecule has 15 heteroatoms. The van der Waals surface area contributed by atoms with E-state index in [2.05, 4.69) is 5.32 Å². The predicted molar refractivity (Wildman–Crippen MR) is 127 cm³/mol. The molecule has 0 saturated heterocycles. The Balaban J connectivity index is 1.66. The number of carbonyl (C=O) groups excluding carboxylic acids is 3. The van der Waals surface area contributed by atoms with Gasteiger partial charge in [0.25, 0.3) is 5.91 Å². The molecule has 4 amide bonds. The summed E-state index contributed by atoms with van der Waals surface area (Å²) in [5.41, 5.74) is 4.20. The number of benzene rings is 2. The van der Waals surface area contributed by atoms with Crippen molar-refractivity contribution in [2.24, 2.45) is 5.92 Å². The van der Waals surface area contributed by atoms with Crippen LogP contribution in [0.25, 0.3) is 0 Å². The van der Waals surface area contributed by atoms with Gasteiger partial charge in [-0.05, 0) is 42.0 Å². The lowest BCUT2D eigenvalue weighted by Gasteiger charge is -2.12. The number of nitrogens with one attached hydrogen (secondary N) is 4. The molecule has 1 aliphatic rings. The maximum Gasteiger partial charge on any atom is 0.405 e. The maximum absolute atomic E-state index is 12.8. The second-order valence-corrected chi connectivity index (χ2v) is 10.1. The van der Waals surface area contributed by atoms with Crippen LogP contribution in [0.15, 0.2) is 36.4 Å². The van der Waals surface area contributed by atoms with Gasteiger partial charge in [0.05, 0.1) is 16.5 Å². The normalized spacial score (nSPS) is 18.4. The lowest BCUT2D eigenvalue weighted by molar-refractivity contribution is -0.122. The first-order valence-corrected chi connectivity index (χ1v) is 11.4. The minimum Gasteiger partial charge on any atom is -0.328 e. The zero-order valence-corrected chi connectivity index (χ0v) is 20.9. The molecule has 0 unspecified atom stereocenters. The Morgan fingerprint density at radius 1 is 0.943 bits per heavy atom. The first-order chi connectivity index (χ1) is 16.2. The van der Waals surface area contributed by atoms with Gasteiger partial charge in [-0.1, -0.05) is 34.8 Å². The van der Waals surface area contributed by atoms with Crippen molar-refractivity contribution in [2.75, 3.05) is 11.9 Å². The number of urea groups is 1. The van der Waals surface area contributed by atoms with Crippen molar-refractivity contribution >= 4 is 81.5 Å². The second kappa shape index (κ2) is 10.5. The van der Waals surface area contributed by atoms with Gasteiger partial charge in [-0.15, -0.1) is 23.2 Å². The summed E-state index contributed by atoms with van der Waals surface area (Å²) < 4.78 is 35.0. The topological polar surface area (TPSA) is 99.3 Å². The molecule has 1 aliphatic carbocycles. The van der Waals surface area contributed by atoms with Crippen molar-refractivity contribution < 1.29 is 27.6 Å².